The molecule has 1 aliphatic heterocycles. The summed E-state index contributed by atoms with van der Waals surface area (Å²) in [5.74, 6) is -4.24. The SMILES string of the molecule is Nc1cc(C(F)(F)F)c2nc1-c1nnc(o1)C(O)(C(F)(F)F)CCCCC(C=O)CC2=O. The molecule has 174 valence electrons. The quantitative estimate of drug-likeness (QED) is 0.483. The topological polar surface area (TPSA) is 132 Å². The van der Waals surface area contributed by atoms with Crippen molar-refractivity contribution in [1.29, 1.82) is 0 Å². The van der Waals surface area contributed by atoms with Crippen molar-refractivity contribution < 1.29 is 45.5 Å². The van der Waals surface area contributed by atoms with Crippen LogP contribution in [0.5, 0.6) is 0 Å². The summed E-state index contributed by atoms with van der Waals surface area (Å²) < 4.78 is 86.1. The minimum Gasteiger partial charge on any atom is -0.416 e. The molecule has 0 spiro atoms. The molecule has 0 aliphatic carbocycles. The zero-order valence-electron chi connectivity index (χ0n) is 16.1. The monoisotopic (exact) mass is 466 g/mol. The lowest BCUT2D eigenvalue weighted by Crippen LogP contribution is -2.42. The number of carbonyl (C=O) groups excluding carboxylic acids is 2. The first-order valence-electron chi connectivity index (χ1n) is 9.27. The van der Waals surface area contributed by atoms with Gasteiger partial charge in [-0.15, -0.1) is 10.2 Å². The lowest BCUT2D eigenvalue weighted by Gasteiger charge is -2.27. The highest BCUT2D eigenvalue weighted by atomic mass is 19.4. The van der Waals surface area contributed by atoms with Gasteiger partial charge >= 0.3 is 12.4 Å². The normalized spacial score (nSPS) is 23.0. The Labute approximate surface area is 175 Å². The summed E-state index contributed by atoms with van der Waals surface area (Å²) in [6, 6.07) is 0.372. The number of Topliss-reactive ketones (excluding diaryl/α,β-unsaturated/α-hetero) is 1. The number of nitrogen functional groups attached to an aromatic ring is 1. The highest BCUT2D eigenvalue weighted by Crippen LogP contribution is 2.44. The van der Waals surface area contributed by atoms with E-state index in [2.05, 4.69) is 15.2 Å². The number of halogens is 6. The van der Waals surface area contributed by atoms with Crippen LogP contribution in [0.25, 0.3) is 11.6 Å². The number of pyridine rings is 1. The number of nitrogens with two attached hydrogens (primary N) is 1. The number of alkyl halides is 6. The number of aromatic nitrogens is 3. The second kappa shape index (κ2) is 8.15. The van der Waals surface area contributed by atoms with E-state index in [4.69, 9.17) is 10.2 Å². The Morgan fingerprint density at radius 3 is 2.44 bits per heavy atom. The van der Waals surface area contributed by atoms with Crippen LogP contribution in [-0.4, -0.2) is 38.5 Å². The van der Waals surface area contributed by atoms with Crippen molar-refractivity contribution in [3.8, 4) is 11.6 Å². The predicted octanol–water partition coefficient (Wildman–Crippen LogP) is 3.44. The highest BCUT2D eigenvalue weighted by Gasteiger charge is 2.58. The number of aldehydes is 1. The van der Waals surface area contributed by atoms with E-state index in [1.54, 1.807) is 0 Å². The van der Waals surface area contributed by atoms with Crippen LogP contribution in [0.15, 0.2) is 10.5 Å². The summed E-state index contributed by atoms with van der Waals surface area (Å²) in [5, 5.41) is 16.8. The zero-order valence-corrected chi connectivity index (χ0v) is 16.1. The van der Waals surface area contributed by atoms with E-state index < -0.39 is 76.9 Å². The van der Waals surface area contributed by atoms with E-state index in [-0.39, 0.29) is 19.3 Å². The van der Waals surface area contributed by atoms with Gasteiger partial charge in [-0.25, -0.2) is 4.98 Å². The van der Waals surface area contributed by atoms with E-state index in [0.29, 0.717) is 12.4 Å². The molecule has 2 atom stereocenters. The first kappa shape index (κ1) is 23.6. The number of nitrogens with zero attached hydrogens (tertiary/aromatic N) is 3. The third kappa shape index (κ3) is 4.31. The summed E-state index contributed by atoms with van der Waals surface area (Å²) >= 11 is 0. The summed E-state index contributed by atoms with van der Waals surface area (Å²) in [7, 11) is 0. The molecule has 0 saturated carbocycles. The number of ketones is 1. The van der Waals surface area contributed by atoms with Gasteiger partial charge in [-0.05, 0) is 25.3 Å². The Balaban J connectivity index is 2.23. The molecular formula is C18H16F6N4O4. The Kier molecular flexibility index (Phi) is 6.02. The molecule has 0 saturated heterocycles. The number of fused-ring (bicyclic) bond motifs is 5. The minimum atomic E-state index is -5.22. The van der Waals surface area contributed by atoms with Crippen LogP contribution >= 0.6 is 0 Å². The van der Waals surface area contributed by atoms with Crippen LogP contribution in [0.3, 0.4) is 0 Å². The summed E-state index contributed by atoms with van der Waals surface area (Å²) in [5.41, 5.74) is -1.89. The Morgan fingerprint density at radius 2 is 1.84 bits per heavy atom. The molecule has 32 heavy (non-hydrogen) atoms. The maximum Gasteiger partial charge on any atom is 0.426 e. The van der Waals surface area contributed by atoms with E-state index in [1.165, 1.54) is 0 Å². The molecule has 2 aromatic heterocycles. The van der Waals surface area contributed by atoms with Crippen molar-refractivity contribution in [3.05, 3.63) is 23.2 Å². The minimum absolute atomic E-state index is 0.0391. The molecular weight excluding hydrogens is 450 g/mol. The van der Waals surface area contributed by atoms with Crippen LogP contribution in [0, 0.1) is 5.92 Å². The summed E-state index contributed by atoms with van der Waals surface area (Å²) in [6.45, 7) is 0. The van der Waals surface area contributed by atoms with E-state index >= 15 is 0 Å². The highest BCUT2D eigenvalue weighted by molar-refractivity contribution is 5.98. The fourth-order valence-corrected chi connectivity index (χ4v) is 3.33. The smallest absolute Gasteiger partial charge is 0.416 e. The van der Waals surface area contributed by atoms with Gasteiger partial charge in [0.1, 0.15) is 12.0 Å². The number of rotatable bonds is 1. The maximum atomic E-state index is 13.6. The maximum absolute atomic E-state index is 13.6. The number of hydrogen-bond acceptors (Lipinski definition) is 8. The van der Waals surface area contributed by atoms with Crippen LogP contribution in [0.4, 0.5) is 32.0 Å². The molecule has 3 rings (SSSR count). The van der Waals surface area contributed by atoms with Gasteiger partial charge in [-0.3, -0.25) is 4.79 Å². The number of anilines is 1. The largest absolute Gasteiger partial charge is 0.426 e. The molecule has 2 aromatic rings. The predicted molar refractivity (Wildman–Crippen MR) is 93.9 cm³/mol. The molecule has 3 N–H and O–H groups in total. The van der Waals surface area contributed by atoms with Crippen molar-refractivity contribution in [2.75, 3.05) is 5.73 Å². The van der Waals surface area contributed by atoms with Crippen LogP contribution in [0.2, 0.25) is 0 Å². The lowest BCUT2D eigenvalue weighted by molar-refractivity contribution is -0.277. The van der Waals surface area contributed by atoms with Gasteiger partial charge < -0.3 is 20.1 Å². The zero-order chi connectivity index (χ0) is 23.9. The Hall–Kier alpha value is -3.03. The van der Waals surface area contributed by atoms with Gasteiger partial charge in [0.25, 0.3) is 11.8 Å². The first-order chi connectivity index (χ1) is 14.8. The van der Waals surface area contributed by atoms with Gasteiger partial charge in [0.15, 0.2) is 11.5 Å². The average molecular weight is 466 g/mol. The number of hydrogen-bond donors (Lipinski definition) is 2. The summed E-state index contributed by atoms with van der Waals surface area (Å²) in [6.07, 6.45) is -11.9. The molecule has 0 fully saturated rings. The Bertz CT molecular complexity index is 1040. The van der Waals surface area contributed by atoms with Gasteiger partial charge in [-0.2, -0.15) is 26.3 Å². The van der Waals surface area contributed by atoms with Crippen molar-refractivity contribution in [2.45, 2.75) is 50.1 Å². The molecule has 2 unspecified atom stereocenters. The lowest BCUT2D eigenvalue weighted by atomic mass is 9.91. The van der Waals surface area contributed by atoms with Gasteiger partial charge in [0, 0.05) is 12.3 Å². The molecule has 4 bridgehead atoms. The molecule has 1 aliphatic rings. The van der Waals surface area contributed by atoms with E-state index in [0.717, 1.165) is 0 Å². The van der Waals surface area contributed by atoms with Crippen molar-refractivity contribution in [3.63, 3.8) is 0 Å². The third-order valence-corrected chi connectivity index (χ3v) is 5.08. The fraction of sp³-hybridized carbons (Fsp3) is 0.500. The molecule has 0 aromatic carbocycles. The van der Waals surface area contributed by atoms with Crippen LogP contribution in [-0.2, 0) is 16.6 Å². The van der Waals surface area contributed by atoms with Crippen molar-refractivity contribution >= 4 is 17.8 Å². The van der Waals surface area contributed by atoms with E-state index in [1.807, 2.05) is 0 Å². The van der Waals surface area contributed by atoms with E-state index in [9.17, 15) is 41.0 Å². The molecule has 3 heterocycles. The summed E-state index contributed by atoms with van der Waals surface area (Å²) in [4.78, 5) is 27.4. The second-order valence-electron chi connectivity index (χ2n) is 7.36. The number of aliphatic hydroxyl groups is 1. The molecule has 0 amide bonds. The average Bonchev–Trinajstić information content (AvgIpc) is 3.17. The van der Waals surface area contributed by atoms with Gasteiger partial charge in [-0.1, -0.05) is 6.42 Å². The number of carbonyl (C=O) groups is 2. The van der Waals surface area contributed by atoms with Crippen LogP contribution < -0.4 is 5.73 Å². The Morgan fingerprint density at radius 1 is 1.16 bits per heavy atom. The van der Waals surface area contributed by atoms with Crippen molar-refractivity contribution in [2.24, 2.45) is 5.92 Å². The van der Waals surface area contributed by atoms with Gasteiger partial charge in [0.2, 0.25) is 5.60 Å². The fourth-order valence-electron chi connectivity index (χ4n) is 3.33. The molecule has 14 heteroatoms. The third-order valence-electron chi connectivity index (χ3n) is 5.08. The van der Waals surface area contributed by atoms with Crippen molar-refractivity contribution in [1.82, 2.24) is 15.2 Å². The van der Waals surface area contributed by atoms with Crippen LogP contribution in [0.1, 0.15) is 54.0 Å². The second-order valence-corrected chi connectivity index (χ2v) is 7.36. The first-order valence-corrected chi connectivity index (χ1v) is 9.27. The molecule has 0 radical (unpaired) electrons. The standard InChI is InChI=1S/C18H16F6N4O4/c19-17(20,21)9-6-10(25)13-14-27-28-15(32-14)16(31,18(22,23)24)4-2-1-3-8(7-29)5-11(30)12(9)26-13/h6-8,31H,1-5,25H2. The molecule has 8 nitrogen and oxygen atoms in total. The van der Waals surface area contributed by atoms with Gasteiger partial charge in [0.05, 0.1) is 11.3 Å².